The van der Waals surface area contributed by atoms with Gasteiger partial charge < -0.3 is 10.1 Å². The summed E-state index contributed by atoms with van der Waals surface area (Å²) in [7, 11) is 1.50. The van der Waals surface area contributed by atoms with Crippen LogP contribution >= 0.6 is 0 Å². The number of anilines is 1. The lowest BCUT2D eigenvalue weighted by Gasteiger charge is -2.21. The molecule has 5 nitrogen and oxygen atoms in total. The number of aromatic nitrogens is 2. The summed E-state index contributed by atoms with van der Waals surface area (Å²) in [6.45, 7) is 5.88. The number of hydrogen-bond donors (Lipinski definition) is 1. The van der Waals surface area contributed by atoms with Crippen LogP contribution in [0.1, 0.15) is 56.1 Å². The Balaban J connectivity index is 1.86. The van der Waals surface area contributed by atoms with Gasteiger partial charge in [0, 0.05) is 11.3 Å². The Kier molecular flexibility index (Phi) is 5.65. The zero-order valence-corrected chi connectivity index (χ0v) is 17.1. The van der Waals surface area contributed by atoms with Crippen LogP contribution in [0.5, 0.6) is 5.75 Å². The van der Waals surface area contributed by atoms with Crippen molar-refractivity contribution >= 4 is 11.6 Å². The van der Waals surface area contributed by atoms with Gasteiger partial charge in [-0.3, -0.25) is 9.48 Å². The van der Waals surface area contributed by atoms with Crippen molar-refractivity contribution in [1.29, 1.82) is 0 Å². The zero-order valence-electron chi connectivity index (χ0n) is 17.1. The van der Waals surface area contributed by atoms with E-state index in [1.807, 2.05) is 12.1 Å². The first-order chi connectivity index (χ1) is 13.5. The molecule has 1 aliphatic carbocycles. The highest BCUT2D eigenvalue weighted by Gasteiger charge is 2.39. The number of ether oxygens (including phenoxy) is 1. The van der Waals surface area contributed by atoms with Crippen LogP contribution in [0.25, 0.3) is 0 Å². The quantitative estimate of drug-likeness (QED) is 0.795. The molecular weight excluding hydrogens is 383 g/mol. The Bertz CT molecular complexity index is 911. The molecule has 1 aromatic heterocycles. The molecule has 1 aliphatic rings. The van der Waals surface area contributed by atoms with Gasteiger partial charge in [-0.25, -0.2) is 0 Å². The van der Waals surface area contributed by atoms with Crippen LogP contribution in [-0.4, -0.2) is 22.8 Å². The van der Waals surface area contributed by atoms with Crippen molar-refractivity contribution in [3.05, 3.63) is 40.7 Å². The molecule has 0 saturated carbocycles. The minimum absolute atomic E-state index is 0.131. The van der Waals surface area contributed by atoms with E-state index in [9.17, 15) is 18.0 Å². The van der Waals surface area contributed by atoms with Crippen LogP contribution in [-0.2, 0) is 35.8 Å². The van der Waals surface area contributed by atoms with Gasteiger partial charge in [0.1, 0.15) is 12.3 Å². The second-order valence-electron chi connectivity index (χ2n) is 8.35. The average Bonchev–Trinajstić information content (AvgIpc) is 3.00. The molecule has 2 aromatic rings. The Morgan fingerprint density at radius 2 is 1.90 bits per heavy atom. The van der Waals surface area contributed by atoms with Crippen LogP contribution < -0.4 is 10.1 Å². The Morgan fingerprint density at radius 3 is 2.52 bits per heavy atom. The lowest BCUT2D eigenvalue weighted by atomic mass is 9.87. The predicted molar refractivity (Wildman–Crippen MR) is 104 cm³/mol. The highest BCUT2D eigenvalue weighted by Crippen LogP contribution is 2.36. The molecular formula is C21H26F3N3O2. The topological polar surface area (TPSA) is 56.1 Å². The first-order valence-corrected chi connectivity index (χ1v) is 9.65. The molecule has 158 valence electrons. The first-order valence-electron chi connectivity index (χ1n) is 9.65. The third-order valence-electron chi connectivity index (χ3n) is 5.16. The van der Waals surface area contributed by atoms with Gasteiger partial charge in [-0.2, -0.15) is 18.3 Å². The van der Waals surface area contributed by atoms with Crippen molar-refractivity contribution in [2.75, 3.05) is 12.4 Å². The van der Waals surface area contributed by atoms with Crippen LogP contribution in [0, 0.1) is 0 Å². The first kappa shape index (κ1) is 21.2. The van der Waals surface area contributed by atoms with Gasteiger partial charge in [-0.05, 0) is 48.8 Å². The molecule has 1 heterocycles. The van der Waals surface area contributed by atoms with E-state index in [4.69, 9.17) is 4.74 Å². The van der Waals surface area contributed by atoms with Crippen LogP contribution in [0.2, 0.25) is 0 Å². The lowest BCUT2D eigenvalue weighted by Crippen LogP contribution is -2.22. The number of benzene rings is 1. The largest absolute Gasteiger partial charge is 0.495 e. The van der Waals surface area contributed by atoms with Gasteiger partial charge in [0.05, 0.1) is 12.8 Å². The molecule has 0 spiro atoms. The summed E-state index contributed by atoms with van der Waals surface area (Å²) in [5.74, 6) is 0.0452. The third kappa shape index (κ3) is 4.57. The molecule has 0 saturated heterocycles. The van der Waals surface area contributed by atoms with E-state index in [1.54, 1.807) is 6.07 Å². The molecule has 0 fully saturated rings. The molecule has 29 heavy (non-hydrogen) atoms. The fraction of sp³-hybridized carbons (Fsp3) is 0.524. The molecule has 1 aromatic carbocycles. The summed E-state index contributed by atoms with van der Waals surface area (Å²) in [5.41, 5.74) is 1.23. The van der Waals surface area contributed by atoms with Crippen LogP contribution in [0.15, 0.2) is 18.2 Å². The van der Waals surface area contributed by atoms with E-state index in [2.05, 4.69) is 31.2 Å². The molecule has 0 unspecified atom stereocenters. The van der Waals surface area contributed by atoms with E-state index >= 15 is 0 Å². The number of alkyl halides is 3. The number of nitrogens with one attached hydrogen (secondary N) is 1. The van der Waals surface area contributed by atoms with E-state index in [0.29, 0.717) is 36.4 Å². The molecule has 1 N–H and O–H groups in total. The number of fused-ring (bicyclic) bond motifs is 1. The van der Waals surface area contributed by atoms with Crippen molar-refractivity contribution in [1.82, 2.24) is 9.78 Å². The second kappa shape index (κ2) is 7.72. The van der Waals surface area contributed by atoms with Crippen molar-refractivity contribution in [2.45, 2.75) is 64.6 Å². The highest BCUT2D eigenvalue weighted by molar-refractivity contribution is 5.92. The van der Waals surface area contributed by atoms with E-state index in [1.165, 1.54) is 11.8 Å². The number of carbonyl (C=O) groups excluding carboxylic acids is 1. The molecule has 1 amide bonds. The van der Waals surface area contributed by atoms with Gasteiger partial charge in [0.15, 0.2) is 5.69 Å². The molecule has 0 aliphatic heterocycles. The van der Waals surface area contributed by atoms with Crippen molar-refractivity contribution in [2.24, 2.45) is 0 Å². The molecule has 3 rings (SSSR count). The Labute approximate surface area is 168 Å². The second-order valence-corrected chi connectivity index (χ2v) is 8.35. The number of hydrogen-bond acceptors (Lipinski definition) is 3. The summed E-state index contributed by atoms with van der Waals surface area (Å²) in [5, 5.41) is 6.51. The van der Waals surface area contributed by atoms with E-state index in [0.717, 1.165) is 12.0 Å². The Hall–Kier alpha value is -2.51. The van der Waals surface area contributed by atoms with Crippen molar-refractivity contribution in [3.63, 3.8) is 0 Å². The summed E-state index contributed by atoms with van der Waals surface area (Å²) >= 11 is 0. The Morgan fingerprint density at radius 1 is 1.21 bits per heavy atom. The summed E-state index contributed by atoms with van der Waals surface area (Å²) in [6.07, 6.45) is -2.20. The van der Waals surface area contributed by atoms with Crippen molar-refractivity contribution in [3.8, 4) is 5.75 Å². The molecule has 0 bridgehead atoms. The fourth-order valence-corrected chi connectivity index (χ4v) is 3.63. The molecule has 0 radical (unpaired) electrons. The monoisotopic (exact) mass is 409 g/mol. The maximum Gasteiger partial charge on any atom is 0.435 e. The normalized spacial score (nSPS) is 14.4. The predicted octanol–water partition coefficient (Wildman–Crippen LogP) is 4.73. The van der Waals surface area contributed by atoms with Gasteiger partial charge >= 0.3 is 6.18 Å². The average molecular weight is 409 g/mol. The maximum atomic E-state index is 13.3. The summed E-state index contributed by atoms with van der Waals surface area (Å²) in [4.78, 5) is 12.6. The highest BCUT2D eigenvalue weighted by atomic mass is 19.4. The minimum atomic E-state index is -4.52. The summed E-state index contributed by atoms with van der Waals surface area (Å²) < 4.78 is 46.5. The lowest BCUT2D eigenvalue weighted by molar-refractivity contribution is -0.142. The standard InChI is InChI=1S/C21H26F3N3O2/c1-20(2,3)13-9-10-17(29-4)15(11-13)25-18(28)12-27-16-8-6-5-7-14(16)19(26-27)21(22,23)24/h9-11H,5-8,12H2,1-4H3,(H,25,28). The van der Waals surface area contributed by atoms with Crippen LogP contribution in [0.4, 0.5) is 18.9 Å². The number of carbonyl (C=O) groups is 1. The van der Waals surface area contributed by atoms with Gasteiger partial charge in [-0.15, -0.1) is 0 Å². The van der Waals surface area contributed by atoms with E-state index in [-0.39, 0.29) is 17.5 Å². The van der Waals surface area contributed by atoms with E-state index < -0.39 is 17.8 Å². The fourth-order valence-electron chi connectivity index (χ4n) is 3.63. The number of nitrogens with zero attached hydrogens (tertiary/aromatic N) is 2. The van der Waals surface area contributed by atoms with Crippen LogP contribution in [0.3, 0.4) is 0 Å². The number of rotatable bonds is 4. The van der Waals surface area contributed by atoms with Gasteiger partial charge in [-0.1, -0.05) is 26.8 Å². The maximum absolute atomic E-state index is 13.3. The summed E-state index contributed by atoms with van der Waals surface area (Å²) in [6, 6.07) is 5.53. The number of methoxy groups -OCH3 is 1. The van der Waals surface area contributed by atoms with Gasteiger partial charge in [0.25, 0.3) is 0 Å². The molecule has 8 heteroatoms. The van der Waals surface area contributed by atoms with Crippen molar-refractivity contribution < 1.29 is 22.7 Å². The number of amides is 1. The molecule has 0 atom stereocenters. The minimum Gasteiger partial charge on any atom is -0.495 e. The number of halogens is 3. The zero-order chi connectivity index (χ0) is 21.4. The third-order valence-corrected chi connectivity index (χ3v) is 5.16. The SMILES string of the molecule is COc1ccc(C(C)(C)C)cc1NC(=O)Cn1nc(C(F)(F)F)c2c1CCCC2. The smallest absolute Gasteiger partial charge is 0.435 e. The van der Waals surface area contributed by atoms with Gasteiger partial charge in [0.2, 0.25) is 5.91 Å².